The van der Waals surface area contributed by atoms with Crippen LogP contribution in [0.2, 0.25) is 5.02 Å². The van der Waals surface area contributed by atoms with Crippen LogP contribution in [-0.4, -0.2) is 47.1 Å². The highest BCUT2D eigenvalue weighted by molar-refractivity contribution is 7.13. The van der Waals surface area contributed by atoms with Crippen LogP contribution < -0.4 is 10.1 Å². The summed E-state index contributed by atoms with van der Waals surface area (Å²) in [6.45, 7) is 1.36. The second kappa shape index (κ2) is 10.8. The monoisotopic (exact) mass is 484 g/mol. The summed E-state index contributed by atoms with van der Waals surface area (Å²) in [4.78, 5) is 27.2. The first-order valence-corrected chi connectivity index (χ1v) is 12.0. The van der Waals surface area contributed by atoms with Crippen LogP contribution in [0.3, 0.4) is 0 Å². The molecule has 1 aliphatic rings. The first-order chi connectivity index (χ1) is 16.0. The molecule has 2 heterocycles. The van der Waals surface area contributed by atoms with Gasteiger partial charge in [0.25, 0.3) is 5.91 Å². The summed E-state index contributed by atoms with van der Waals surface area (Å²) in [6.07, 6.45) is 2.99. The predicted octanol–water partition coefficient (Wildman–Crippen LogP) is 4.79. The molecule has 172 valence electrons. The Labute approximate surface area is 201 Å². The summed E-state index contributed by atoms with van der Waals surface area (Å²) in [7, 11) is 1.64. The van der Waals surface area contributed by atoms with E-state index in [4.69, 9.17) is 16.3 Å². The second-order valence-corrected chi connectivity index (χ2v) is 9.38. The third-order valence-electron chi connectivity index (χ3n) is 5.65. The first kappa shape index (κ1) is 23.2. The number of amides is 2. The maximum atomic E-state index is 12.8. The van der Waals surface area contributed by atoms with Crippen molar-refractivity contribution in [3.05, 3.63) is 69.1 Å². The van der Waals surface area contributed by atoms with Gasteiger partial charge in [-0.1, -0.05) is 35.1 Å². The Kier molecular flexibility index (Phi) is 7.57. The summed E-state index contributed by atoms with van der Waals surface area (Å²) in [6, 6.07) is 14.7. The molecule has 0 radical (unpaired) electrons. The van der Waals surface area contributed by atoms with Crippen LogP contribution in [0.4, 0.5) is 5.69 Å². The summed E-state index contributed by atoms with van der Waals surface area (Å²) >= 11 is 7.17. The van der Waals surface area contributed by atoms with Crippen molar-refractivity contribution in [2.75, 3.05) is 25.5 Å². The molecule has 2 aromatic carbocycles. The van der Waals surface area contributed by atoms with E-state index in [0.29, 0.717) is 35.1 Å². The number of aryl methyl sites for hydroxylation is 1. The Morgan fingerprint density at radius 1 is 1.15 bits per heavy atom. The number of ether oxygens (including phenoxy) is 1. The number of rotatable bonds is 7. The van der Waals surface area contributed by atoms with Gasteiger partial charge in [-0.15, -0.1) is 10.2 Å². The van der Waals surface area contributed by atoms with E-state index >= 15 is 0 Å². The molecule has 0 saturated carbocycles. The first-order valence-electron chi connectivity index (χ1n) is 10.8. The molecule has 1 unspecified atom stereocenters. The number of anilines is 1. The number of carbonyl (C=O) groups excluding carboxylic acids is 2. The molecule has 1 fully saturated rings. The standard InChI is InChI=1S/C24H25ClN4O3S/c1-32-20-11-4-16(5-12-20)6-13-21(30)29-14-2-3-17(15-29)23-27-28-24(33-23)22(31)26-19-9-7-18(25)8-10-19/h4-5,7-12,17H,2-3,6,13-15H2,1H3,(H,26,31). The molecule has 7 nitrogen and oxygen atoms in total. The van der Waals surface area contributed by atoms with Gasteiger partial charge in [-0.3, -0.25) is 9.59 Å². The molecule has 1 aliphatic heterocycles. The Bertz CT molecular complexity index is 1100. The van der Waals surface area contributed by atoms with Gasteiger partial charge in [0.05, 0.1) is 7.11 Å². The molecule has 1 atom stereocenters. The van der Waals surface area contributed by atoms with E-state index in [2.05, 4.69) is 15.5 Å². The predicted molar refractivity (Wildman–Crippen MR) is 129 cm³/mol. The van der Waals surface area contributed by atoms with Gasteiger partial charge < -0.3 is 15.0 Å². The van der Waals surface area contributed by atoms with Gasteiger partial charge in [-0.25, -0.2) is 0 Å². The molecule has 1 N–H and O–H groups in total. The van der Waals surface area contributed by atoms with E-state index in [9.17, 15) is 9.59 Å². The van der Waals surface area contributed by atoms with Gasteiger partial charge in [-0.2, -0.15) is 0 Å². The molecule has 0 bridgehead atoms. The fourth-order valence-corrected chi connectivity index (χ4v) is 4.81. The molecule has 33 heavy (non-hydrogen) atoms. The van der Waals surface area contributed by atoms with Crippen molar-refractivity contribution in [1.82, 2.24) is 15.1 Å². The largest absolute Gasteiger partial charge is 0.497 e. The topological polar surface area (TPSA) is 84.4 Å². The van der Waals surface area contributed by atoms with Crippen LogP contribution in [0, 0.1) is 0 Å². The Hall–Kier alpha value is -2.97. The van der Waals surface area contributed by atoms with E-state index in [0.717, 1.165) is 35.7 Å². The summed E-state index contributed by atoms with van der Waals surface area (Å²) in [5.74, 6) is 0.741. The van der Waals surface area contributed by atoms with E-state index in [1.807, 2.05) is 29.2 Å². The van der Waals surface area contributed by atoms with Crippen molar-refractivity contribution >= 4 is 40.4 Å². The van der Waals surface area contributed by atoms with Gasteiger partial charge in [0.2, 0.25) is 10.9 Å². The zero-order valence-electron chi connectivity index (χ0n) is 18.3. The van der Waals surface area contributed by atoms with Crippen molar-refractivity contribution in [3.8, 4) is 5.75 Å². The van der Waals surface area contributed by atoms with E-state index in [1.165, 1.54) is 11.3 Å². The van der Waals surface area contributed by atoms with Gasteiger partial charge >= 0.3 is 0 Å². The lowest BCUT2D eigenvalue weighted by molar-refractivity contribution is -0.132. The molecule has 1 aromatic heterocycles. The number of hydrogen-bond acceptors (Lipinski definition) is 6. The molecule has 9 heteroatoms. The van der Waals surface area contributed by atoms with Crippen LogP contribution in [0.5, 0.6) is 5.75 Å². The Balaban J connectivity index is 1.32. The van der Waals surface area contributed by atoms with Gasteiger partial charge in [0.15, 0.2) is 0 Å². The van der Waals surface area contributed by atoms with E-state index < -0.39 is 0 Å². The lowest BCUT2D eigenvalue weighted by Crippen LogP contribution is -2.39. The number of benzene rings is 2. The molecule has 0 spiro atoms. The number of carbonyl (C=O) groups is 2. The average Bonchev–Trinajstić information content (AvgIpc) is 3.35. The number of aromatic nitrogens is 2. The summed E-state index contributed by atoms with van der Waals surface area (Å²) in [5, 5.41) is 12.9. The van der Waals surface area contributed by atoms with Gasteiger partial charge in [-0.05, 0) is 61.2 Å². The van der Waals surface area contributed by atoms with Crippen LogP contribution >= 0.6 is 22.9 Å². The number of methoxy groups -OCH3 is 1. The maximum Gasteiger partial charge on any atom is 0.286 e. The minimum atomic E-state index is -0.302. The van der Waals surface area contributed by atoms with Crippen LogP contribution in [0.1, 0.15) is 45.6 Å². The number of hydrogen-bond donors (Lipinski definition) is 1. The molecule has 1 saturated heterocycles. The highest BCUT2D eigenvalue weighted by Crippen LogP contribution is 2.30. The molecular formula is C24H25ClN4O3S. The van der Waals surface area contributed by atoms with Crippen molar-refractivity contribution in [3.63, 3.8) is 0 Å². The number of nitrogens with zero attached hydrogens (tertiary/aromatic N) is 3. The van der Waals surface area contributed by atoms with Crippen LogP contribution in [0.15, 0.2) is 48.5 Å². The van der Waals surface area contributed by atoms with Crippen LogP contribution in [0.25, 0.3) is 0 Å². The number of halogens is 1. The number of piperidine rings is 1. The number of nitrogens with one attached hydrogen (secondary N) is 1. The third-order valence-corrected chi connectivity index (χ3v) is 6.98. The van der Waals surface area contributed by atoms with Crippen molar-refractivity contribution in [2.45, 2.75) is 31.6 Å². The van der Waals surface area contributed by atoms with Crippen LogP contribution in [-0.2, 0) is 11.2 Å². The highest BCUT2D eigenvalue weighted by Gasteiger charge is 2.28. The molecule has 0 aliphatic carbocycles. The fraction of sp³-hybridized carbons (Fsp3) is 0.333. The molecule has 2 amide bonds. The minimum absolute atomic E-state index is 0.0956. The Morgan fingerprint density at radius 2 is 1.91 bits per heavy atom. The summed E-state index contributed by atoms with van der Waals surface area (Å²) < 4.78 is 5.18. The lowest BCUT2D eigenvalue weighted by atomic mass is 9.98. The second-order valence-electron chi connectivity index (χ2n) is 7.93. The zero-order valence-corrected chi connectivity index (χ0v) is 19.9. The molecule has 3 aromatic rings. The van der Waals surface area contributed by atoms with Crippen molar-refractivity contribution in [2.24, 2.45) is 0 Å². The average molecular weight is 485 g/mol. The van der Waals surface area contributed by atoms with Crippen molar-refractivity contribution in [1.29, 1.82) is 0 Å². The summed E-state index contributed by atoms with van der Waals surface area (Å²) in [5.41, 5.74) is 1.76. The van der Waals surface area contributed by atoms with Crippen molar-refractivity contribution < 1.29 is 14.3 Å². The quantitative estimate of drug-likeness (QED) is 0.521. The SMILES string of the molecule is COc1ccc(CCC(=O)N2CCCC(c3nnc(C(=O)Nc4ccc(Cl)cc4)s3)C2)cc1. The maximum absolute atomic E-state index is 12.8. The highest BCUT2D eigenvalue weighted by atomic mass is 35.5. The molecule has 4 rings (SSSR count). The minimum Gasteiger partial charge on any atom is -0.497 e. The lowest BCUT2D eigenvalue weighted by Gasteiger charge is -2.31. The van der Waals surface area contributed by atoms with E-state index in [-0.39, 0.29) is 17.7 Å². The normalized spacial score (nSPS) is 15.8. The van der Waals surface area contributed by atoms with E-state index in [1.54, 1.807) is 31.4 Å². The third kappa shape index (κ3) is 6.09. The number of likely N-dealkylation sites (tertiary alicyclic amines) is 1. The molecular weight excluding hydrogens is 460 g/mol. The smallest absolute Gasteiger partial charge is 0.286 e. The van der Waals surface area contributed by atoms with Gasteiger partial charge in [0.1, 0.15) is 10.8 Å². The van der Waals surface area contributed by atoms with Gasteiger partial charge in [0, 0.05) is 36.1 Å². The zero-order chi connectivity index (χ0) is 23.2. The fourth-order valence-electron chi connectivity index (χ4n) is 3.82. The Morgan fingerprint density at radius 3 is 2.64 bits per heavy atom.